The number of likely N-dealkylation sites (N-methyl/N-ethyl adjacent to an activating group) is 1. The van der Waals surface area contributed by atoms with Crippen LogP contribution in [-0.2, 0) is 9.59 Å². The van der Waals surface area contributed by atoms with Crippen molar-refractivity contribution in [2.45, 2.75) is 51.9 Å². The first-order valence-corrected chi connectivity index (χ1v) is 10.6. The van der Waals surface area contributed by atoms with Gasteiger partial charge in [-0.1, -0.05) is 19.1 Å². The van der Waals surface area contributed by atoms with Crippen molar-refractivity contribution in [3.8, 4) is 0 Å². The summed E-state index contributed by atoms with van der Waals surface area (Å²) in [6.07, 6.45) is 11.1. The van der Waals surface area contributed by atoms with Crippen LogP contribution in [-0.4, -0.2) is 72.3 Å². The van der Waals surface area contributed by atoms with Gasteiger partial charge in [-0.3, -0.25) is 9.59 Å². The van der Waals surface area contributed by atoms with Crippen LogP contribution in [0.4, 0.5) is 0 Å². The van der Waals surface area contributed by atoms with Gasteiger partial charge in [-0.25, -0.2) is 0 Å². The highest BCUT2D eigenvalue weighted by Crippen LogP contribution is 2.26. The number of hydrogen-bond acceptors (Lipinski definition) is 3. The molecule has 0 bridgehead atoms. The molecule has 26 heavy (non-hydrogen) atoms. The molecule has 5 nitrogen and oxygen atoms in total. The molecule has 1 aliphatic carbocycles. The Morgan fingerprint density at radius 2 is 1.65 bits per heavy atom. The van der Waals surface area contributed by atoms with Crippen molar-refractivity contribution in [2.24, 2.45) is 11.8 Å². The lowest BCUT2D eigenvalue weighted by molar-refractivity contribution is -0.138. The van der Waals surface area contributed by atoms with Gasteiger partial charge in [0.25, 0.3) is 0 Å². The molecule has 3 rings (SSSR count). The Labute approximate surface area is 158 Å². The van der Waals surface area contributed by atoms with Crippen LogP contribution in [0.2, 0.25) is 0 Å². The predicted molar refractivity (Wildman–Crippen MR) is 104 cm³/mol. The molecule has 5 heteroatoms. The first kappa shape index (κ1) is 19.4. The number of carbonyl (C=O) groups is 2. The molecule has 0 aromatic rings. The average molecular weight is 362 g/mol. The van der Waals surface area contributed by atoms with E-state index in [1.54, 1.807) is 0 Å². The van der Waals surface area contributed by atoms with Crippen molar-refractivity contribution in [3.05, 3.63) is 12.2 Å². The van der Waals surface area contributed by atoms with Crippen LogP contribution in [0.5, 0.6) is 0 Å². The molecule has 2 saturated heterocycles. The fourth-order valence-corrected chi connectivity index (χ4v) is 4.52. The Morgan fingerprint density at radius 1 is 0.923 bits per heavy atom. The van der Waals surface area contributed by atoms with Crippen molar-refractivity contribution >= 4 is 11.8 Å². The molecule has 0 radical (unpaired) electrons. The third-order valence-corrected chi connectivity index (χ3v) is 6.48. The minimum absolute atomic E-state index is 0.208. The number of hydrogen-bond donors (Lipinski definition) is 0. The van der Waals surface area contributed by atoms with Crippen molar-refractivity contribution in [1.82, 2.24) is 14.7 Å². The number of rotatable bonds is 5. The number of likely N-dealkylation sites (tertiary alicyclic amines) is 1. The monoisotopic (exact) mass is 361 g/mol. The van der Waals surface area contributed by atoms with Gasteiger partial charge in [0.2, 0.25) is 11.8 Å². The minimum atomic E-state index is 0.208. The first-order chi connectivity index (χ1) is 12.7. The van der Waals surface area contributed by atoms with Gasteiger partial charge in [0.05, 0.1) is 0 Å². The summed E-state index contributed by atoms with van der Waals surface area (Å²) in [6, 6.07) is 0. The Balaban J connectivity index is 1.34. The highest BCUT2D eigenvalue weighted by atomic mass is 16.2. The van der Waals surface area contributed by atoms with Gasteiger partial charge < -0.3 is 14.7 Å². The third-order valence-electron chi connectivity index (χ3n) is 6.48. The Hall–Kier alpha value is -1.36. The normalized spacial score (nSPS) is 25.5. The van der Waals surface area contributed by atoms with E-state index in [0.717, 1.165) is 84.3 Å². The van der Waals surface area contributed by atoms with E-state index in [0.29, 0.717) is 24.2 Å². The molecule has 146 valence electrons. The number of carbonyl (C=O) groups excluding carboxylic acids is 2. The van der Waals surface area contributed by atoms with E-state index in [1.165, 1.54) is 0 Å². The summed E-state index contributed by atoms with van der Waals surface area (Å²) in [5.41, 5.74) is 0. The lowest BCUT2D eigenvalue weighted by Gasteiger charge is -2.36. The molecule has 0 aromatic heterocycles. The first-order valence-electron chi connectivity index (χ1n) is 10.6. The number of allylic oxidation sites excluding steroid dienone is 2. The van der Waals surface area contributed by atoms with Crippen LogP contribution in [0.25, 0.3) is 0 Å². The summed E-state index contributed by atoms with van der Waals surface area (Å²) in [6.45, 7) is 8.82. The smallest absolute Gasteiger partial charge is 0.226 e. The van der Waals surface area contributed by atoms with E-state index >= 15 is 0 Å². The van der Waals surface area contributed by atoms with Crippen LogP contribution in [0.3, 0.4) is 0 Å². The molecule has 0 unspecified atom stereocenters. The number of nitrogens with zero attached hydrogens (tertiary/aromatic N) is 3. The van der Waals surface area contributed by atoms with Crippen molar-refractivity contribution in [2.75, 3.05) is 45.8 Å². The second-order valence-corrected chi connectivity index (χ2v) is 8.10. The van der Waals surface area contributed by atoms with Gasteiger partial charge in [-0.2, -0.15) is 0 Å². The van der Waals surface area contributed by atoms with Gasteiger partial charge >= 0.3 is 0 Å². The number of piperazine rings is 1. The molecular weight excluding hydrogens is 326 g/mol. The average Bonchev–Trinajstić information content (AvgIpc) is 2.72. The minimum Gasteiger partial charge on any atom is -0.342 e. The van der Waals surface area contributed by atoms with E-state index in [-0.39, 0.29) is 5.92 Å². The van der Waals surface area contributed by atoms with Gasteiger partial charge in [0.1, 0.15) is 0 Å². The van der Waals surface area contributed by atoms with Crippen molar-refractivity contribution in [1.29, 1.82) is 0 Å². The molecular formula is C21H35N3O2. The van der Waals surface area contributed by atoms with Gasteiger partial charge in [-0.15, -0.1) is 0 Å². The third kappa shape index (κ3) is 5.09. The highest BCUT2D eigenvalue weighted by Gasteiger charge is 2.28. The number of amides is 2. The second-order valence-electron chi connectivity index (χ2n) is 8.10. The van der Waals surface area contributed by atoms with E-state index in [4.69, 9.17) is 0 Å². The van der Waals surface area contributed by atoms with E-state index in [2.05, 4.69) is 28.9 Å². The van der Waals surface area contributed by atoms with Crippen LogP contribution >= 0.6 is 0 Å². The highest BCUT2D eigenvalue weighted by molar-refractivity contribution is 5.79. The summed E-state index contributed by atoms with van der Waals surface area (Å²) in [5, 5.41) is 0. The second kappa shape index (κ2) is 9.54. The zero-order valence-corrected chi connectivity index (χ0v) is 16.4. The molecule has 2 fully saturated rings. The van der Waals surface area contributed by atoms with Crippen LogP contribution in [0.1, 0.15) is 51.9 Å². The molecule has 3 aliphatic rings. The maximum Gasteiger partial charge on any atom is 0.226 e. The molecule has 0 spiro atoms. The Morgan fingerprint density at radius 3 is 2.27 bits per heavy atom. The lowest BCUT2D eigenvalue weighted by atomic mass is 9.89. The van der Waals surface area contributed by atoms with Gasteiger partial charge in [0, 0.05) is 51.6 Å². The summed E-state index contributed by atoms with van der Waals surface area (Å²) in [5.74, 6) is 1.50. The maximum absolute atomic E-state index is 12.6. The summed E-state index contributed by atoms with van der Waals surface area (Å²) < 4.78 is 0. The summed E-state index contributed by atoms with van der Waals surface area (Å²) >= 11 is 0. The molecule has 0 saturated carbocycles. The van der Waals surface area contributed by atoms with Crippen molar-refractivity contribution in [3.63, 3.8) is 0 Å². The zero-order valence-electron chi connectivity index (χ0n) is 16.4. The fourth-order valence-electron chi connectivity index (χ4n) is 4.52. The molecule has 2 amide bonds. The standard InChI is InChI=1S/C21H35N3O2/c1-2-22-14-16-23(17-15-22)20(25)9-8-18-10-12-24(13-11-18)21(26)19-6-4-3-5-7-19/h3-4,18-19H,2,5-17H2,1H3/t19-/m1/s1. The number of piperidine rings is 1. The molecule has 0 N–H and O–H groups in total. The largest absolute Gasteiger partial charge is 0.342 e. The Kier molecular flexibility index (Phi) is 7.12. The van der Waals surface area contributed by atoms with Gasteiger partial charge in [0.15, 0.2) is 0 Å². The molecule has 1 atom stereocenters. The quantitative estimate of drug-likeness (QED) is 0.707. The van der Waals surface area contributed by atoms with E-state index in [9.17, 15) is 9.59 Å². The van der Waals surface area contributed by atoms with Crippen molar-refractivity contribution < 1.29 is 9.59 Å². The summed E-state index contributed by atoms with van der Waals surface area (Å²) in [4.78, 5) is 31.6. The summed E-state index contributed by atoms with van der Waals surface area (Å²) in [7, 11) is 0. The lowest BCUT2D eigenvalue weighted by Crippen LogP contribution is -2.48. The van der Waals surface area contributed by atoms with Crippen LogP contribution < -0.4 is 0 Å². The fraction of sp³-hybridized carbons (Fsp3) is 0.810. The molecule has 0 aromatic carbocycles. The zero-order chi connectivity index (χ0) is 18.4. The maximum atomic E-state index is 12.6. The van der Waals surface area contributed by atoms with Crippen LogP contribution in [0, 0.1) is 11.8 Å². The molecule has 2 heterocycles. The van der Waals surface area contributed by atoms with Crippen LogP contribution in [0.15, 0.2) is 12.2 Å². The molecule has 2 aliphatic heterocycles. The predicted octanol–water partition coefficient (Wildman–Crippen LogP) is 2.53. The Bertz CT molecular complexity index is 503. The van der Waals surface area contributed by atoms with E-state index < -0.39 is 0 Å². The van der Waals surface area contributed by atoms with E-state index in [1.807, 2.05) is 4.90 Å². The topological polar surface area (TPSA) is 43.9 Å². The SMILES string of the molecule is CCN1CCN(C(=O)CCC2CCN(C(=O)[C@@H]3CC=CCC3)CC2)CC1. The van der Waals surface area contributed by atoms with Gasteiger partial charge in [-0.05, 0) is 51.0 Å².